The zero-order chi connectivity index (χ0) is 23.3. The van der Waals surface area contributed by atoms with Gasteiger partial charge >= 0.3 is 0 Å². The van der Waals surface area contributed by atoms with Crippen LogP contribution in [-0.4, -0.2) is 51.7 Å². The van der Waals surface area contributed by atoms with Gasteiger partial charge in [0.05, 0.1) is 24.3 Å². The van der Waals surface area contributed by atoms with Crippen LogP contribution in [0.15, 0.2) is 95.9 Å². The predicted octanol–water partition coefficient (Wildman–Crippen LogP) is 3.72. The van der Waals surface area contributed by atoms with Crippen molar-refractivity contribution in [2.75, 3.05) is 26.2 Å². The number of amides is 1. The maximum absolute atomic E-state index is 13.0. The van der Waals surface area contributed by atoms with Gasteiger partial charge in [0.1, 0.15) is 0 Å². The van der Waals surface area contributed by atoms with Gasteiger partial charge in [0.25, 0.3) is 0 Å². The zero-order valence-electron chi connectivity index (χ0n) is 19.1. The second-order valence-electron chi connectivity index (χ2n) is 8.64. The Morgan fingerprint density at radius 2 is 1.38 bits per heavy atom. The minimum absolute atomic E-state index is 0.0966. The summed E-state index contributed by atoms with van der Waals surface area (Å²) in [5, 5.41) is 4.88. The number of hydrogen-bond acceptors (Lipinski definition) is 4. The van der Waals surface area contributed by atoms with E-state index in [0.29, 0.717) is 31.4 Å². The van der Waals surface area contributed by atoms with Gasteiger partial charge in [0, 0.05) is 38.0 Å². The number of para-hydroxylation sites is 1. The molecule has 0 unspecified atom stereocenters. The molecular weight excluding hydrogens is 424 g/mol. The van der Waals surface area contributed by atoms with Crippen molar-refractivity contribution < 1.29 is 4.79 Å². The van der Waals surface area contributed by atoms with E-state index in [2.05, 4.69) is 58.5 Å². The van der Waals surface area contributed by atoms with E-state index in [4.69, 9.17) is 0 Å². The lowest BCUT2D eigenvalue weighted by Gasteiger charge is -2.40. The van der Waals surface area contributed by atoms with Gasteiger partial charge < -0.3 is 4.90 Å². The van der Waals surface area contributed by atoms with Crippen LogP contribution in [0.1, 0.15) is 23.6 Å². The molecule has 1 fully saturated rings. The molecule has 6 heteroatoms. The maximum Gasteiger partial charge on any atom is 0.224 e. The molecule has 34 heavy (non-hydrogen) atoms. The summed E-state index contributed by atoms with van der Waals surface area (Å²) in [4.78, 5) is 29.5. The number of fused-ring (bicyclic) bond motifs is 1. The third kappa shape index (κ3) is 4.63. The lowest BCUT2D eigenvalue weighted by molar-refractivity contribution is -0.133. The van der Waals surface area contributed by atoms with Gasteiger partial charge in [0.2, 0.25) is 11.3 Å². The number of piperazine rings is 1. The van der Waals surface area contributed by atoms with Gasteiger partial charge in [-0.3, -0.25) is 19.2 Å². The van der Waals surface area contributed by atoms with Crippen LogP contribution in [0.25, 0.3) is 10.9 Å². The molecule has 4 aromatic rings. The predicted molar refractivity (Wildman–Crippen MR) is 133 cm³/mol. The number of carbonyl (C=O) groups is 1. The summed E-state index contributed by atoms with van der Waals surface area (Å²) in [6.45, 7) is 3.50. The van der Waals surface area contributed by atoms with E-state index in [0.717, 1.165) is 18.6 Å². The highest BCUT2D eigenvalue weighted by Gasteiger charge is 2.28. The standard InChI is InChI=1S/C28H28N4O2/c33-26-21-29-32(25-14-8-7-13-24(25)26)16-15-27(34)30-17-19-31(20-18-30)28(22-9-3-1-4-10-22)23-11-5-2-6-12-23/h1-14,21,28H,15-20H2. The van der Waals surface area contributed by atoms with E-state index in [-0.39, 0.29) is 17.4 Å². The lowest BCUT2D eigenvalue weighted by Crippen LogP contribution is -2.50. The average Bonchev–Trinajstić information content (AvgIpc) is 2.90. The van der Waals surface area contributed by atoms with Crippen molar-refractivity contribution >= 4 is 16.8 Å². The maximum atomic E-state index is 13.0. The van der Waals surface area contributed by atoms with E-state index in [9.17, 15) is 9.59 Å². The minimum atomic E-state index is -0.0966. The third-order valence-corrected chi connectivity index (χ3v) is 6.56. The Morgan fingerprint density at radius 3 is 2.03 bits per heavy atom. The summed E-state index contributed by atoms with van der Waals surface area (Å²) < 4.78 is 1.76. The van der Waals surface area contributed by atoms with E-state index < -0.39 is 0 Å². The first-order valence-electron chi connectivity index (χ1n) is 11.8. The summed E-state index contributed by atoms with van der Waals surface area (Å²) in [5.74, 6) is 0.125. The summed E-state index contributed by atoms with van der Waals surface area (Å²) in [6.07, 6.45) is 1.69. The number of aryl methyl sites for hydroxylation is 1. The Kier molecular flexibility index (Phi) is 6.49. The molecule has 1 aliphatic heterocycles. The minimum Gasteiger partial charge on any atom is -0.340 e. The quantitative estimate of drug-likeness (QED) is 0.447. The molecule has 0 aliphatic carbocycles. The number of nitrogens with zero attached hydrogens (tertiary/aromatic N) is 4. The number of aromatic nitrogens is 2. The van der Waals surface area contributed by atoms with Crippen LogP contribution in [0.5, 0.6) is 0 Å². The Balaban J connectivity index is 1.25. The zero-order valence-corrected chi connectivity index (χ0v) is 19.1. The van der Waals surface area contributed by atoms with Crippen molar-refractivity contribution in [3.05, 3.63) is 112 Å². The topological polar surface area (TPSA) is 58.4 Å². The molecule has 1 amide bonds. The first-order chi connectivity index (χ1) is 16.7. The highest BCUT2D eigenvalue weighted by Crippen LogP contribution is 2.29. The fraction of sp³-hybridized carbons (Fsp3) is 0.250. The van der Waals surface area contributed by atoms with Gasteiger partial charge in [-0.25, -0.2) is 0 Å². The molecule has 0 bridgehead atoms. The van der Waals surface area contributed by atoms with Crippen LogP contribution >= 0.6 is 0 Å². The summed E-state index contributed by atoms with van der Waals surface area (Å²) in [5.41, 5.74) is 3.20. The molecule has 0 spiro atoms. The van der Waals surface area contributed by atoms with Crippen LogP contribution in [-0.2, 0) is 11.3 Å². The largest absolute Gasteiger partial charge is 0.340 e. The molecule has 5 rings (SSSR count). The van der Waals surface area contributed by atoms with Crippen LogP contribution in [0.4, 0.5) is 0 Å². The normalized spacial score (nSPS) is 14.6. The molecule has 0 saturated carbocycles. The van der Waals surface area contributed by atoms with Crippen molar-refractivity contribution in [3.8, 4) is 0 Å². The molecule has 172 valence electrons. The van der Waals surface area contributed by atoms with Crippen molar-refractivity contribution in [1.82, 2.24) is 19.6 Å². The Hall–Kier alpha value is -3.77. The third-order valence-electron chi connectivity index (χ3n) is 6.56. The molecule has 1 aliphatic rings. The van der Waals surface area contributed by atoms with Crippen molar-refractivity contribution in [1.29, 1.82) is 0 Å². The van der Waals surface area contributed by atoms with E-state index in [1.165, 1.54) is 17.3 Å². The second-order valence-corrected chi connectivity index (χ2v) is 8.64. The van der Waals surface area contributed by atoms with Gasteiger partial charge in [-0.15, -0.1) is 0 Å². The van der Waals surface area contributed by atoms with Gasteiger partial charge in [-0.05, 0) is 23.3 Å². The molecule has 0 radical (unpaired) electrons. The number of rotatable bonds is 6. The van der Waals surface area contributed by atoms with E-state index >= 15 is 0 Å². The Morgan fingerprint density at radius 1 is 0.794 bits per heavy atom. The van der Waals surface area contributed by atoms with Crippen molar-refractivity contribution in [2.45, 2.75) is 19.0 Å². The summed E-state index contributed by atoms with van der Waals surface area (Å²) in [7, 11) is 0. The molecule has 6 nitrogen and oxygen atoms in total. The van der Waals surface area contributed by atoms with E-state index in [1.807, 2.05) is 35.2 Å². The van der Waals surface area contributed by atoms with Gasteiger partial charge in [-0.1, -0.05) is 72.8 Å². The molecule has 0 N–H and O–H groups in total. The highest BCUT2D eigenvalue weighted by atomic mass is 16.2. The lowest BCUT2D eigenvalue weighted by atomic mass is 9.96. The molecule has 1 saturated heterocycles. The second kappa shape index (κ2) is 10.0. The van der Waals surface area contributed by atoms with Crippen LogP contribution < -0.4 is 5.43 Å². The van der Waals surface area contributed by atoms with Gasteiger partial charge in [0.15, 0.2) is 0 Å². The van der Waals surface area contributed by atoms with Gasteiger partial charge in [-0.2, -0.15) is 5.10 Å². The molecular formula is C28H28N4O2. The summed E-state index contributed by atoms with van der Waals surface area (Å²) in [6, 6.07) is 28.7. The monoisotopic (exact) mass is 452 g/mol. The fourth-order valence-corrected chi connectivity index (χ4v) is 4.81. The number of benzene rings is 3. The number of carbonyl (C=O) groups excluding carboxylic acids is 1. The average molecular weight is 453 g/mol. The number of hydrogen-bond donors (Lipinski definition) is 0. The van der Waals surface area contributed by atoms with Crippen LogP contribution in [0, 0.1) is 0 Å². The van der Waals surface area contributed by atoms with Crippen molar-refractivity contribution in [3.63, 3.8) is 0 Å². The van der Waals surface area contributed by atoms with Crippen LogP contribution in [0.2, 0.25) is 0 Å². The Bertz CT molecular complexity index is 1270. The smallest absolute Gasteiger partial charge is 0.224 e. The van der Waals surface area contributed by atoms with E-state index in [1.54, 1.807) is 10.7 Å². The fourth-order valence-electron chi connectivity index (χ4n) is 4.81. The molecule has 0 atom stereocenters. The highest BCUT2D eigenvalue weighted by molar-refractivity contribution is 5.79. The SMILES string of the molecule is O=C(CCn1ncc(=O)c2ccccc21)N1CCN(C(c2ccccc2)c2ccccc2)CC1. The van der Waals surface area contributed by atoms with Crippen LogP contribution in [0.3, 0.4) is 0 Å². The first kappa shape index (κ1) is 22.0. The summed E-state index contributed by atoms with van der Waals surface area (Å²) >= 11 is 0. The Labute approximate surface area is 199 Å². The molecule has 1 aromatic heterocycles. The first-order valence-corrected chi connectivity index (χ1v) is 11.8. The molecule has 2 heterocycles. The molecule has 3 aromatic carbocycles. The van der Waals surface area contributed by atoms with Crippen molar-refractivity contribution in [2.24, 2.45) is 0 Å².